The second-order valence-electron chi connectivity index (χ2n) is 10.3. The van der Waals surface area contributed by atoms with E-state index in [1.807, 2.05) is 44.2 Å². The molecule has 0 aromatic heterocycles. The second-order valence-corrected chi connectivity index (χ2v) is 12.2. The Balaban J connectivity index is 2.08. The number of rotatable bonds is 14. The molecule has 11 heteroatoms. The number of hydrogen-bond donors (Lipinski definition) is 1. The van der Waals surface area contributed by atoms with Crippen molar-refractivity contribution in [1.29, 1.82) is 0 Å². The summed E-state index contributed by atoms with van der Waals surface area (Å²) in [5.41, 5.74) is 1.14. The van der Waals surface area contributed by atoms with Crippen LogP contribution in [-0.2, 0) is 32.6 Å². The minimum Gasteiger partial charge on any atom is -0.493 e. The van der Waals surface area contributed by atoms with Gasteiger partial charge in [-0.3, -0.25) is 13.9 Å². The maximum absolute atomic E-state index is 14.9. The molecule has 1 atom stereocenters. The van der Waals surface area contributed by atoms with Gasteiger partial charge >= 0.3 is 0 Å². The van der Waals surface area contributed by atoms with E-state index in [0.29, 0.717) is 12.3 Å². The predicted molar refractivity (Wildman–Crippen MR) is 160 cm³/mol. The first-order valence-corrected chi connectivity index (χ1v) is 15.3. The highest BCUT2D eigenvalue weighted by atomic mass is 32.2. The first-order valence-electron chi connectivity index (χ1n) is 13.5. The average Bonchev–Trinajstić information content (AvgIpc) is 2.96. The summed E-state index contributed by atoms with van der Waals surface area (Å²) < 4.78 is 52.3. The van der Waals surface area contributed by atoms with E-state index in [2.05, 4.69) is 5.32 Å². The van der Waals surface area contributed by atoms with Crippen molar-refractivity contribution >= 4 is 27.5 Å². The van der Waals surface area contributed by atoms with Crippen molar-refractivity contribution in [2.24, 2.45) is 5.92 Å². The summed E-state index contributed by atoms with van der Waals surface area (Å²) in [6.07, 6.45) is 1.12. The van der Waals surface area contributed by atoms with Crippen molar-refractivity contribution in [2.75, 3.05) is 37.9 Å². The summed E-state index contributed by atoms with van der Waals surface area (Å²) >= 11 is 0. The van der Waals surface area contributed by atoms with E-state index in [-0.39, 0.29) is 35.9 Å². The Hall–Kier alpha value is -4.12. The lowest BCUT2D eigenvalue weighted by atomic mass is 10.0. The number of carbonyl (C=O) groups is 2. The fraction of sp³-hybridized carbons (Fsp3) is 0.355. The van der Waals surface area contributed by atoms with E-state index in [1.165, 1.54) is 55.5 Å². The lowest BCUT2D eigenvalue weighted by molar-refractivity contribution is -0.140. The molecule has 0 saturated carbocycles. The zero-order valence-electron chi connectivity index (χ0n) is 24.5. The molecule has 42 heavy (non-hydrogen) atoms. The number of sulfonamides is 1. The number of benzene rings is 3. The first-order chi connectivity index (χ1) is 19.9. The van der Waals surface area contributed by atoms with Gasteiger partial charge in [0.2, 0.25) is 21.8 Å². The van der Waals surface area contributed by atoms with E-state index >= 15 is 0 Å². The van der Waals surface area contributed by atoms with Crippen LogP contribution in [0.1, 0.15) is 25.0 Å². The highest BCUT2D eigenvalue weighted by molar-refractivity contribution is 7.92. The molecule has 0 unspecified atom stereocenters. The number of hydrogen-bond acceptors (Lipinski definition) is 6. The average molecular weight is 600 g/mol. The molecule has 0 fully saturated rings. The number of methoxy groups -OCH3 is 2. The third-order valence-electron chi connectivity index (χ3n) is 6.59. The van der Waals surface area contributed by atoms with Gasteiger partial charge in [-0.15, -0.1) is 0 Å². The highest BCUT2D eigenvalue weighted by Crippen LogP contribution is 2.32. The molecule has 2 amide bonds. The summed E-state index contributed by atoms with van der Waals surface area (Å²) in [6.45, 7) is 3.38. The van der Waals surface area contributed by atoms with E-state index < -0.39 is 40.2 Å². The molecular formula is C31H38FN3O6S. The number of halogens is 1. The Morgan fingerprint density at radius 3 is 2.17 bits per heavy atom. The molecule has 0 radical (unpaired) electrons. The molecule has 0 aliphatic carbocycles. The maximum atomic E-state index is 14.9. The summed E-state index contributed by atoms with van der Waals surface area (Å²) in [4.78, 5) is 29.0. The zero-order chi connectivity index (χ0) is 30.9. The molecule has 0 saturated heterocycles. The summed E-state index contributed by atoms with van der Waals surface area (Å²) in [5, 5.41) is 2.89. The number of anilines is 1. The number of nitrogens with zero attached hydrogens (tertiary/aromatic N) is 2. The number of carbonyl (C=O) groups excluding carboxylic acids is 2. The summed E-state index contributed by atoms with van der Waals surface area (Å²) in [7, 11) is -1.12. The smallest absolute Gasteiger partial charge is 0.244 e. The maximum Gasteiger partial charge on any atom is 0.244 e. The van der Waals surface area contributed by atoms with E-state index in [4.69, 9.17) is 9.47 Å². The van der Waals surface area contributed by atoms with Crippen LogP contribution in [0.15, 0.2) is 72.8 Å². The molecule has 0 aliphatic rings. The quantitative estimate of drug-likeness (QED) is 0.300. The lowest BCUT2D eigenvalue weighted by Gasteiger charge is -2.33. The first kappa shape index (κ1) is 32.4. The third-order valence-corrected chi connectivity index (χ3v) is 7.73. The van der Waals surface area contributed by atoms with Gasteiger partial charge in [0.15, 0.2) is 11.5 Å². The van der Waals surface area contributed by atoms with Crippen molar-refractivity contribution < 1.29 is 31.9 Å². The second kappa shape index (κ2) is 14.7. The number of ether oxygens (including phenoxy) is 2. The minimum atomic E-state index is -3.98. The van der Waals surface area contributed by atoms with Crippen molar-refractivity contribution in [3.63, 3.8) is 0 Å². The van der Waals surface area contributed by atoms with E-state index in [9.17, 15) is 22.4 Å². The molecule has 226 valence electrons. The highest BCUT2D eigenvalue weighted by Gasteiger charge is 2.33. The van der Waals surface area contributed by atoms with E-state index in [1.54, 1.807) is 6.07 Å². The van der Waals surface area contributed by atoms with Crippen LogP contribution in [0.5, 0.6) is 11.5 Å². The lowest BCUT2D eigenvalue weighted by Crippen LogP contribution is -2.53. The Labute approximate surface area is 247 Å². The molecule has 3 rings (SSSR count). The molecule has 3 aromatic rings. The van der Waals surface area contributed by atoms with Crippen molar-refractivity contribution in [3.05, 3.63) is 89.7 Å². The predicted octanol–water partition coefficient (Wildman–Crippen LogP) is 4.02. The summed E-state index contributed by atoms with van der Waals surface area (Å²) in [5.74, 6) is -0.848. The molecule has 0 aliphatic heterocycles. The van der Waals surface area contributed by atoms with Crippen LogP contribution in [0.4, 0.5) is 10.1 Å². The molecule has 0 bridgehead atoms. The van der Waals surface area contributed by atoms with Crippen LogP contribution in [0.25, 0.3) is 0 Å². The Morgan fingerprint density at radius 2 is 1.57 bits per heavy atom. The van der Waals surface area contributed by atoms with Gasteiger partial charge < -0.3 is 19.7 Å². The zero-order valence-corrected chi connectivity index (χ0v) is 25.4. The van der Waals surface area contributed by atoms with Gasteiger partial charge in [0.25, 0.3) is 0 Å². The van der Waals surface area contributed by atoms with Crippen molar-refractivity contribution in [1.82, 2.24) is 10.2 Å². The van der Waals surface area contributed by atoms with Crippen LogP contribution in [0.2, 0.25) is 0 Å². The monoisotopic (exact) mass is 599 g/mol. The molecule has 0 heterocycles. The van der Waals surface area contributed by atoms with Crippen LogP contribution in [0, 0.1) is 11.7 Å². The van der Waals surface area contributed by atoms with Gasteiger partial charge in [0, 0.05) is 31.1 Å². The SMILES string of the molecule is COc1ccc(N(CC(=O)N(Cc2ccccc2F)[C@@H](Cc2ccccc2)C(=O)NCC(C)C)S(C)(=O)=O)cc1OC. The fourth-order valence-corrected chi connectivity index (χ4v) is 5.22. The van der Waals surface area contributed by atoms with Gasteiger partial charge in [0.1, 0.15) is 18.4 Å². The van der Waals surface area contributed by atoms with Gasteiger partial charge in [-0.05, 0) is 29.7 Å². The van der Waals surface area contributed by atoms with Crippen LogP contribution in [-0.4, -0.2) is 64.7 Å². The molecular weight excluding hydrogens is 561 g/mol. The van der Waals surface area contributed by atoms with Crippen molar-refractivity contribution in [2.45, 2.75) is 32.9 Å². The van der Waals surface area contributed by atoms with Gasteiger partial charge in [0.05, 0.1) is 26.2 Å². The number of amides is 2. The van der Waals surface area contributed by atoms with E-state index in [0.717, 1.165) is 16.1 Å². The number of nitrogens with one attached hydrogen (secondary N) is 1. The van der Waals surface area contributed by atoms with Crippen molar-refractivity contribution in [3.8, 4) is 11.5 Å². The fourth-order valence-electron chi connectivity index (χ4n) is 4.38. The van der Waals surface area contributed by atoms with Gasteiger partial charge in [-0.25, -0.2) is 12.8 Å². The van der Waals surface area contributed by atoms with Crippen LogP contribution in [0.3, 0.4) is 0 Å². The minimum absolute atomic E-state index is 0.139. The van der Waals surface area contributed by atoms with Crippen LogP contribution < -0.4 is 19.1 Å². The Kier molecular flexibility index (Phi) is 11.3. The van der Waals surface area contributed by atoms with Crippen LogP contribution >= 0.6 is 0 Å². The molecule has 3 aromatic carbocycles. The third kappa shape index (κ3) is 8.69. The normalized spacial score (nSPS) is 12.0. The largest absolute Gasteiger partial charge is 0.493 e. The Bertz CT molecular complexity index is 1470. The topological polar surface area (TPSA) is 105 Å². The molecule has 9 nitrogen and oxygen atoms in total. The van der Waals surface area contributed by atoms with Gasteiger partial charge in [-0.1, -0.05) is 62.4 Å². The molecule has 1 N–H and O–H groups in total. The molecule has 0 spiro atoms. The van der Waals surface area contributed by atoms with Gasteiger partial charge in [-0.2, -0.15) is 0 Å². The Morgan fingerprint density at radius 1 is 0.929 bits per heavy atom. The summed E-state index contributed by atoms with van der Waals surface area (Å²) in [6, 6.07) is 18.6. The standard InChI is InChI=1S/C31H38FN3O6S/c1-22(2)19-33-31(37)27(17-23-11-7-6-8-12-23)34(20-24-13-9-10-14-26(24)32)30(36)21-35(42(5,38)39)25-15-16-28(40-3)29(18-25)41-4/h6-16,18,22,27H,17,19-21H2,1-5H3,(H,33,37)/t27-/m0/s1.